The average molecular weight is 292 g/mol. The molecule has 1 amide bonds. The summed E-state index contributed by atoms with van der Waals surface area (Å²) in [4.78, 5) is 11.7. The van der Waals surface area contributed by atoms with Crippen molar-refractivity contribution in [3.63, 3.8) is 0 Å². The first kappa shape index (κ1) is 18.4. The van der Waals surface area contributed by atoms with E-state index in [1.54, 1.807) is 13.8 Å². The Hall–Kier alpha value is -0.620. The summed E-state index contributed by atoms with van der Waals surface area (Å²) in [5.41, 5.74) is 5.64. The normalized spacial score (nSPS) is 14.5. The van der Waals surface area contributed by atoms with Gasteiger partial charge in [0.1, 0.15) is 0 Å². The van der Waals surface area contributed by atoms with Crippen molar-refractivity contribution < 1.29 is 13.2 Å². The standard InChI is InChI=1S/C13H28N2O3S/c1-10(2)19(17,18)15-12(16)7-6-11(8-9-14)13(3,4)5/h10-11H,6-9,14H2,1-5H3,(H,15,16). The third-order valence-corrected chi connectivity index (χ3v) is 5.09. The molecule has 19 heavy (non-hydrogen) atoms. The van der Waals surface area contributed by atoms with Gasteiger partial charge in [0.05, 0.1) is 5.25 Å². The van der Waals surface area contributed by atoms with Crippen LogP contribution in [0.3, 0.4) is 0 Å². The van der Waals surface area contributed by atoms with Crippen LogP contribution < -0.4 is 10.5 Å². The molecule has 5 nitrogen and oxygen atoms in total. The predicted molar refractivity (Wildman–Crippen MR) is 78.0 cm³/mol. The van der Waals surface area contributed by atoms with E-state index in [0.29, 0.717) is 18.9 Å². The molecule has 0 spiro atoms. The van der Waals surface area contributed by atoms with E-state index in [1.165, 1.54) is 0 Å². The minimum absolute atomic E-state index is 0.0660. The number of carbonyl (C=O) groups is 1. The van der Waals surface area contributed by atoms with E-state index in [-0.39, 0.29) is 11.8 Å². The molecular formula is C13H28N2O3S. The van der Waals surface area contributed by atoms with Gasteiger partial charge < -0.3 is 5.73 Å². The molecule has 0 saturated heterocycles. The fraction of sp³-hybridized carbons (Fsp3) is 0.923. The Morgan fingerprint density at radius 2 is 1.74 bits per heavy atom. The lowest BCUT2D eigenvalue weighted by atomic mass is 9.76. The van der Waals surface area contributed by atoms with E-state index < -0.39 is 21.2 Å². The van der Waals surface area contributed by atoms with Gasteiger partial charge in [-0.3, -0.25) is 9.52 Å². The Kier molecular flexibility index (Phi) is 7.00. The molecule has 0 aliphatic carbocycles. The molecule has 0 aromatic carbocycles. The van der Waals surface area contributed by atoms with Crippen molar-refractivity contribution in [1.29, 1.82) is 0 Å². The molecule has 0 rings (SSSR count). The van der Waals surface area contributed by atoms with Gasteiger partial charge in [-0.1, -0.05) is 20.8 Å². The lowest BCUT2D eigenvalue weighted by Crippen LogP contribution is -2.36. The van der Waals surface area contributed by atoms with Gasteiger partial charge in [0.15, 0.2) is 0 Å². The summed E-state index contributed by atoms with van der Waals surface area (Å²) in [6.07, 6.45) is 1.71. The van der Waals surface area contributed by atoms with E-state index >= 15 is 0 Å². The fourth-order valence-corrected chi connectivity index (χ4v) is 2.50. The van der Waals surface area contributed by atoms with E-state index in [9.17, 15) is 13.2 Å². The molecule has 0 aromatic heterocycles. The van der Waals surface area contributed by atoms with Crippen molar-refractivity contribution in [2.75, 3.05) is 6.54 Å². The molecule has 0 bridgehead atoms. The van der Waals surface area contributed by atoms with Crippen LogP contribution in [0.15, 0.2) is 0 Å². The molecule has 1 atom stereocenters. The Balaban J connectivity index is 4.43. The lowest BCUT2D eigenvalue weighted by molar-refractivity contribution is -0.119. The van der Waals surface area contributed by atoms with Gasteiger partial charge >= 0.3 is 0 Å². The smallest absolute Gasteiger partial charge is 0.237 e. The maximum atomic E-state index is 11.7. The van der Waals surface area contributed by atoms with Gasteiger partial charge in [-0.2, -0.15) is 0 Å². The zero-order chi connectivity index (χ0) is 15.3. The maximum absolute atomic E-state index is 11.7. The highest BCUT2D eigenvalue weighted by Gasteiger charge is 2.25. The Labute approximate surface area is 117 Å². The molecule has 0 aromatic rings. The van der Waals surface area contributed by atoms with Gasteiger partial charge in [0.2, 0.25) is 15.9 Å². The summed E-state index contributed by atoms with van der Waals surface area (Å²) in [7, 11) is -3.52. The summed E-state index contributed by atoms with van der Waals surface area (Å²) in [6, 6.07) is 0. The second kappa shape index (κ2) is 7.24. The molecule has 1 unspecified atom stereocenters. The molecule has 3 N–H and O–H groups in total. The SMILES string of the molecule is CC(C)S(=O)(=O)NC(=O)CCC(CCN)C(C)(C)C. The molecular weight excluding hydrogens is 264 g/mol. The average Bonchev–Trinajstić information content (AvgIpc) is 2.21. The van der Waals surface area contributed by atoms with Crippen LogP contribution in [0.5, 0.6) is 0 Å². The fourth-order valence-electron chi connectivity index (χ4n) is 1.84. The van der Waals surface area contributed by atoms with Gasteiger partial charge in [-0.05, 0) is 44.6 Å². The first-order valence-electron chi connectivity index (χ1n) is 6.75. The summed E-state index contributed by atoms with van der Waals surface area (Å²) < 4.78 is 25.2. The van der Waals surface area contributed by atoms with Crippen LogP contribution in [0.2, 0.25) is 0 Å². The van der Waals surface area contributed by atoms with Crippen molar-refractivity contribution in [3.05, 3.63) is 0 Å². The Morgan fingerprint density at radius 3 is 2.11 bits per heavy atom. The first-order chi connectivity index (χ1) is 8.50. The highest BCUT2D eigenvalue weighted by atomic mass is 32.2. The van der Waals surface area contributed by atoms with Crippen molar-refractivity contribution >= 4 is 15.9 Å². The highest BCUT2D eigenvalue weighted by Crippen LogP contribution is 2.32. The number of nitrogens with two attached hydrogens (primary N) is 1. The van der Waals surface area contributed by atoms with Crippen LogP contribution in [0.25, 0.3) is 0 Å². The van der Waals surface area contributed by atoms with E-state index in [2.05, 4.69) is 25.5 Å². The van der Waals surface area contributed by atoms with Crippen molar-refractivity contribution in [2.24, 2.45) is 17.1 Å². The number of rotatable bonds is 7. The van der Waals surface area contributed by atoms with E-state index in [4.69, 9.17) is 5.73 Å². The van der Waals surface area contributed by atoms with Crippen molar-refractivity contribution in [3.8, 4) is 0 Å². The van der Waals surface area contributed by atoms with Gasteiger partial charge in [-0.15, -0.1) is 0 Å². The number of hydrogen-bond donors (Lipinski definition) is 2. The quantitative estimate of drug-likeness (QED) is 0.746. The minimum atomic E-state index is -3.52. The number of sulfonamides is 1. The molecule has 0 heterocycles. The molecule has 6 heteroatoms. The number of amides is 1. The third kappa shape index (κ3) is 6.92. The zero-order valence-electron chi connectivity index (χ0n) is 12.7. The van der Waals surface area contributed by atoms with E-state index in [1.807, 2.05) is 0 Å². The van der Waals surface area contributed by atoms with Crippen LogP contribution in [0.4, 0.5) is 0 Å². The Morgan fingerprint density at radius 1 is 1.21 bits per heavy atom. The largest absolute Gasteiger partial charge is 0.330 e. The third-order valence-electron chi connectivity index (χ3n) is 3.34. The van der Waals surface area contributed by atoms with Crippen LogP contribution in [0, 0.1) is 11.3 Å². The van der Waals surface area contributed by atoms with Gasteiger partial charge in [-0.25, -0.2) is 8.42 Å². The molecule has 0 aliphatic heterocycles. The summed E-state index contributed by atoms with van der Waals surface area (Å²) in [6.45, 7) is 9.99. The highest BCUT2D eigenvalue weighted by molar-refractivity contribution is 7.90. The van der Waals surface area contributed by atoms with Crippen LogP contribution in [0.1, 0.15) is 53.9 Å². The predicted octanol–water partition coefficient (Wildman–Crippen LogP) is 1.63. The maximum Gasteiger partial charge on any atom is 0.237 e. The molecule has 114 valence electrons. The zero-order valence-corrected chi connectivity index (χ0v) is 13.5. The molecule has 0 saturated carbocycles. The summed E-state index contributed by atoms with van der Waals surface area (Å²) in [5.74, 6) is -0.120. The number of nitrogens with one attached hydrogen (secondary N) is 1. The second-order valence-electron chi connectivity index (χ2n) is 6.30. The monoisotopic (exact) mass is 292 g/mol. The Bertz CT molecular complexity index is 383. The topological polar surface area (TPSA) is 89.3 Å². The first-order valence-corrected chi connectivity index (χ1v) is 8.30. The van der Waals surface area contributed by atoms with Crippen molar-refractivity contribution in [2.45, 2.75) is 59.1 Å². The second-order valence-corrected chi connectivity index (χ2v) is 8.53. The molecule has 0 fully saturated rings. The van der Waals surface area contributed by atoms with E-state index in [0.717, 1.165) is 6.42 Å². The van der Waals surface area contributed by atoms with Gasteiger partial charge in [0.25, 0.3) is 0 Å². The summed E-state index contributed by atoms with van der Waals surface area (Å²) >= 11 is 0. The van der Waals surface area contributed by atoms with Crippen LogP contribution in [-0.4, -0.2) is 26.1 Å². The van der Waals surface area contributed by atoms with Crippen molar-refractivity contribution in [1.82, 2.24) is 4.72 Å². The van der Waals surface area contributed by atoms with Crippen LogP contribution in [-0.2, 0) is 14.8 Å². The number of carbonyl (C=O) groups excluding carboxylic acids is 1. The minimum Gasteiger partial charge on any atom is -0.330 e. The molecule has 0 radical (unpaired) electrons. The number of hydrogen-bond acceptors (Lipinski definition) is 4. The van der Waals surface area contributed by atoms with Gasteiger partial charge in [0, 0.05) is 6.42 Å². The lowest BCUT2D eigenvalue weighted by Gasteiger charge is -2.30. The summed E-state index contributed by atoms with van der Waals surface area (Å²) in [5, 5.41) is -0.598. The molecule has 0 aliphatic rings. The van der Waals surface area contributed by atoms with Crippen LogP contribution >= 0.6 is 0 Å².